The predicted molar refractivity (Wildman–Crippen MR) is 56.4 cm³/mol. The molecule has 5 nitrogen and oxygen atoms in total. The van der Waals surface area contributed by atoms with Crippen LogP contribution in [0.3, 0.4) is 0 Å². The Balaban J connectivity index is 2.31. The molecule has 0 spiro atoms. The zero-order valence-electron chi connectivity index (χ0n) is 8.93. The van der Waals surface area contributed by atoms with Crippen molar-refractivity contribution in [2.75, 3.05) is 12.4 Å². The average Bonchev–Trinajstić information content (AvgIpc) is 2.27. The number of aromatic nitrogens is 2. The van der Waals surface area contributed by atoms with Gasteiger partial charge in [-0.25, -0.2) is 4.98 Å². The van der Waals surface area contributed by atoms with Gasteiger partial charge in [-0.15, -0.1) is 0 Å². The average molecular weight is 209 g/mol. The highest BCUT2D eigenvalue weighted by Gasteiger charge is 2.06. The van der Waals surface area contributed by atoms with Crippen LogP contribution in [0.25, 0.3) is 0 Å². The van der Waals surface area contributed by atoms with E-state index in [4.69, 9.17) is 4.74 Å². The van der Waals surface area contributed by atoms with Crippen molar-refractivity contribution in [3.8, 4) is 0 Å². The van der Waals surface area contributed by atoms with Gasteiger partial charge in [0.15, 0.2) is 5.82 Å². The van der Waals surface area contributed by atoms with Crippen LogP contribution < -0.4 is 5.32 Å². The molecule has 0 saturated carbocycles. The minimum atomic E-state index is -0.0700. The van der Waals surface area contributed by atoms with Crippen LogP contribution in [0.1, 0.15) is 19.8 Å². The standard InChI is InChI=1S/C10H15N3O2/c1-8(15-2)3-4-10(14)13-9-7-11-5-6-12-9/h5-8H,3-4H2,1-2H3,(H,12,13,14)/t8-/m1/s1. The van der Waals surface area contributed by atoms with Gasteiger partial charge >= 0.3 is 0 Å². The van der Waals surface area contributed by atoms with Crippen LogP contribution in [0.15, 0.2) is 18.6 Å². The highest BCUT2D eigenvalue weighted by atomic mass is 16.5. The smallest absolute Gasteiger partial charge is 0.225 e. The first-order valence-corrected chi connectivity index (χ1v) is 4.81. The van der Waals surface area contributed by atoms with Gasteiger partial charge in [0.25, 0.3) is 0 Å². The van der Waals surface area contributed by atoms with E-state index in [9.17, 15) is 4.79 Å². The Kier molecular flexibility index (Phi) is 4.70. The highest BCUT2D eigenvalue weighted by Crippen LogP contribution is 2.03. The molecular weight excluding hydrogens is 194 g/mol. The number of anilines is 1. The van der Waals surface area contributed by atoms with E-state index in [1.54, 1.807) is 13.3 Å². The zero-order valence-corrected chi connectivity index (χ0v) is 8.93. The maximum absolute atomic E-state index is 11.4. The van der Waals surface area contributed by atoms with Gasteiger partial charge in [-0.1, -0.05) is 0 Å². The Morgan fingerprint density at radius 3 is 3.00 bits per heavy atom. The number of carbonyl (C=O) groups is 1. The lowest BCUT2D eigenvalue weighted by atomic mass is 10.2. The molecule has 1 rings (SSSR count). The molecule has 0 aliphatic heterocycles. The monoisotopic (exact) mass is 209 g/mol. The predicted octanol–water partition coefficient (Wildman–Crippen LogP) is 1.23. The molecule has 1 atom stereocenters. The van der Waals surface area contributed by atoms with Crippen LogP contribution in [0.4, 0.5) is 5.82 Å². The molecule has 0 fully saturated rings. The summed E-state index contributed by atoms with van der Waals surface area (Å²) in [5.41, 5.74) is 0. The summed E-state index contributed by atoms with van der Waals surface area (Å²) in [7, 11) is 1.63. The van der Waals surface area contributed by atoms with Gasteiger partial charge in [-0.2, -0.15) is 0 Å². The Labute approximate surface area is 88.9 Å². The van der Waals surface area contributed by atoms with Crippen LogP contribution in [-0.4, -0.2) is 29.1 Å². The lowest BCUT2D eigenvalue weighted by Crippen LogP contribution is -2.15. The number of rotatable bonds is 5. The second-order valence-electron chi connectivity index (χ2n) is 3.22. The summed E-state index contributed by atoms with van der Waals surface area (Å²) in [6, 6.07) is 0. The van der Waals surface area contributed by atoms with Crippen molar-refractivity contribution in [1.29, 1.82) is 0 Å². The van der Waals surface area contributed by atoms with E-state index in [2.05, 4.69) is 15.3 Å². The summed E-state index contributed by atoms with van der Waals surface area (Å²) in [6.07, 6.45) is 5.82. The molecule has 5 heteroatoms. The molecule has 0 aromatic carbocycles. The first-order valence-electron chi connectivity index (χ1n) is 4.81. The highest BCUT2D eigenvalue weighted by molar-refractivity contribution is 5.89. The number of ether oxygens (including phenoxy) is 1. The minimum Gasteiger partial charge on any atom is -0.382 e. The molecule has 0 bridgehead atoms. The van der Waals surface area contributed by atoms with E-state index < -0.39 is 0 Å². The second kappa shape index (κ2) is 6.08. The molecule has 1 heterocycles. The summed E-state index contributed by atoms with van der Waals surface area (Å²) in [5.74, 6) is 0.409. The maximum Gasteiger partial charge on any atom is 0.225 e. The molecule has 0 aliphatic rings. The normalized spacial score (nSPS) is 12.1. The number of methoxy groups -OCH3 is 1. The fraction of sp³-hybridized carbons (Fsp3) is 0.500. The maximum atomic E-state index is 11.4. The molecular formula is C10H15N3O2. The SMILES string of the molecule is CO[C@H](C)CCC(=O)Nc1cnccn1. The molecule has 15 heavy (non-hydrogen) atoms. The Hall–Kier alpha value is -1.49. The van der Waals surface area contributed by atoms with Crippen molar-refractivity contribution in [3.63, 3.8) is 0 Å². The van der Waals surface area contributed by atoms with Crippen molar-refractivity contribution in [1.82, 2.24) is 9.97 Å². The third-order valence-electron chi connectivity index (χ3n) is 2.01. The number of nitrogens with zero attached hydrogens (tertiary/aromatic N) is 2. The number of hydrogen-bond donors (Lipinski definition) is 1. The van der Waals surface area contributed by atoms with Crippen molar-refractivity contribution in [2.45, 2.75) is 25.9 Å². The molecule has 0 radical (unpaired) electrons. The van der Waals surface area contributed by atoms with Crippen molar-refractivity contribution in [3.05, 3.63) is 18.6 Å². The zero-order chi connectivity index (χ0) is 11.1. The van der Waals surface area contributed by atoms with Crippen LogP contribution in [-0.2, 0) is 9.53 Å². The fourth-order valence-electron chi connectivity index (χ4n) is 1.02. The molecule has 0 unspecified atom stereocenters. The Morgan fingerprint density at radius 1 is 1.60 bits per heavy atom. The third kappa shape index (κ3) is 4.51. The van der Waals surface area contributed by atoms with Gasteiger partial charge < -0.3 is 10.1 Å². The molecule has 1 aromatic heterocycles. The largest absolute Gasteiger partial charge is 0.382 e. The first kappa shape index (κ1) is 11.6. The lowest BCUT2D eigenvalue weighted by Gasteiger charge is -2.08. The summed E-state index contributed by atoms with van der Waals surface area (Å²) in [5, 5.41) is 2.65. The quantitative estimate of drug-likeness (QED) is 0.792. The Morgan fingerprint density at radius 2 is 2.40 bits per heavy atom. The number of carbonyl (C=O) groups excluding carboxylic acids is 1. The Bertz CT molecular complexity index is 303. The number of hydrogen-bond acceptors (Lipinski definition) is 4. The van der Waals surface area contributed by atoms with Gasteiger partial charge in [-0.3, -0.25) is 9.78 Å². The van der Waals surface area contributed by atoms with Gasteiger partial charge in [0, 0.05) is 25.9 Å². The lowest BCUT2D eigenvalue weighted by molar-refractivity contribution is -0.116. The molecule has 0 saturated heterocycles. The van der Waals surface area contributed by atoms with Crippen LogP contribution in [0.2, 0.25) is 0 Å². The number of nitrogens with one attached hydrogen (secondary N) is 1. The molecule has 1 amide bonds. The van der Waals surface area contributed by atoms with Gasteiger partial charge in [0.1, 0.15) is 0 Å². The van der Waals surface area contributed by atoms with Gasteiger partial charge in [0.05, 0.1) is 12.3 Å². The van der Waals surface area contributed by atoms with Crippen LogP contribution in [0.5, 0.6) is 0 Å². The van der Waals surface area contributed by atoms with Crippen molar-refractivity contribution >= 4 is 11.7 Å². The van der Waals surface area contributed by atoms with Gasteiger partial charge in [0.2, 0.25) is 5.91 Å². The summed E-state index contributed by atoms with van der Waals surface area (Å²) in [4.78, 5) is 19.2. The molecule has 0 aliphatic carbocycles. The topological polar surface area (TPSA) is 64.1 Å². The van der Waals surface area contributed by atoms with E-state index in [0.29, 0.717) is 18.7 Å². The van der Waals surface area contributed by atoms with E-state index in [1.165, 1.54) is 12.4 Å². The van der Waals surface area contributed by atoms with E-state index in [1.807, 2.05) is 6.92 Å². The summed E-state index contributed by atoms with van der Waals surface area (Å²) >= 11 is 0. The molecule has 1 N–H and O–H groups in total. The summed E-state index contributed by atoms with van der Waals surface area (Å²) < 4.78 is 5.04. The fourth-order valence-corrected chi connectivity index (χ4v) is 1.02. The summed E-state index contributed by atoms with van der Waals surface area (Å²) in [6.45, 7) is 1.93. The van der Waals surface area contributed by atoms with Crippen LogP contribution in [0, 0.1) is 0 Å². The molecule has 82 valence electrons. The van der Waals surface area contributed by atoms with Crippen molar-refractivity contribution in [2.24, 2.45) is 0 Å². The first-order chi connectivity index (χ1) is 7.22. The van der Waals surface area contributed by atoms with Crippen molar-refractivity contribution < 1.29 is 9.53 Å². The van der Waals surface area contributed by atoms with E-state index >= 15 is 0 Å². The minimum absolute atomic E-state index is 0.0700. The van der Waals surface area contributed by atoms with E-state index in [-0.39, 0.29) is 12.0 Å². The van der Waals surface area contributed by atoms with E-state index in [0.717, 1.165) is 0 Å². The third-order valence-corrected chi connectivity index (χ3v) is 2.01. The molecule has 1 aromatic rings. The van der Waals surface area contributed by atoms with Gasteiger partial charge in [-0.05, 0) is 13.3 Å². The second-order valence-corrected chi connectivity index (χ2v) is 3.22. The van der Waals surface area contributed by atoms with Crippen LogP contribution >= 0.6 is 0 Å². The number of amides is 1.